The van der Waals surface area contributed by atoms with Crippen molar-refractivity contribution in [2.75, 3.05) is 54.8 Å². The molecule has 310 valence electrons. The number of anilines is 5. The SMILES string of the molecule is O=C1CCC(N2C(=O)c3cc(CN4CCN(C5CCN(c6ccc(Nc7ncc8nc(Nc9ccccc9)n(C9CCCC9)c8n7)cc6)CC5)CC4)ccc3C2S)C(=O)N1. The summed E-state index contributed by atoms with van der Waals surface area (Å²) in [5, 5.41) is 8.84. The average molecular weight is 826 g/mol. The fourth-order valence-electron chi connectivity index (χ4n) is 9.89. The van der Waals surface area contributed by atoms with Gasteiger partial charge in [-0.1, -0.05) is 43.2 Å². The lowest BCUT2D eigenvalue weighted by molar-refractivity contribution is -0.137. The number of carbonyl (C=O) groups is 3. The first kappa shape index (κ1) is 38.7. The van der Waals surface area contributed by atoms with Gasteiger partial charge in [-0.05, 0) is 85.7 Å². The van der Waals surface area contributed by atoms with Gasteiger partial charge in [-0.25, -0.2) is 9.97 Å². The molecule has 6 heterocycles. The maximum absolute atomic E-state index is 13.5. The Morgan fingerprint density at radius 3 is 2.27 bits per heavy atom. The minimum Gasteiger partial charge on any atom is -0.371 e. The fraction of sp³-hybridized carbons (Fsp3) is 0.422. The fourth-order valence-corrected chi connectivity index (χ4v) is 10.4. The van der Waals surface area contributed by atoms with E-state index in [-0.39, 0.29) is 18.2 Å². The zero-order valence-corrected chi connectivity index (χ0v) is 34.6. The van der Waals surface area contributed by atoms with Gasteiger partial charge < -0.3 is 20.4 Å². The molecule has 2 atom stereocenters. The summed E-state index contributed by atoms with van der Waals surface area (Å²) in [5.74, 6) is 0.466. The van der Waals surface area contributed by atoms with Crippen molar-refractivity contribution in [1.29, 1.82) is 0 Å². The topological polar surface area (TPSA) is 144 Å². The van der Waals surface area contributed by atoms with Crippen LogP contribution >= 0.6 is 12.6 Å². The van der Waals surface area contributed by atoms with Gasteiger partial charge in [-0.15, -0.1) is 12.6 Å². The summed E-state index contributed by atoms with van der Waals surface area (Å²) < 4.78 is 2.27. The molecule has 5 aliphatic rings. The number of thiol groups is 1. The average Bonchev–Trinajstić information content (AvgIpc) is 3.98. The Morgan fingerprint density at radius 2 is 1.52 bits per heavy atom. The third kappa shape index (κ3) is 7.69. The summed E-state index contributed by atoms with van der Waals surface area (Å²) >= 11 is 4.72. The van der Waals surface area contributed by atoms with Gasteiger partial charge >= 0.3 is 0 Å². The van der Waals surface area contributed by atoms with Crippen molar-refractivity contribution >= 4 is 70.5 Å². The van der Waals surface area contributed by atoms with E-state index in [0.29, 0.717) is 30.0 Å². The molecule has 1 saturated carbocycles. The second-order valence-corrected chi connectivity index (χ2v) is 17.3. The maximum atomic E-state index is 13.5. The number of rotatable bonds is 10. The second-order valence-electron chi connectivity index (χ2n) is 16.8. The van der Waals surface area contributed by atoms with Crippen LogP contribution in [0.4, 0.5) is 29.0 Å². The van der Waals surface area contributed by atoms with Crippen LogP contribution in [0.3, 0.4) is 0 Å². The van der Waals surface area contributed by atoms with Gasteiger partial charge in [0.25, 0.3) is 5.91 Å². The van der Waals surface area contributed by atoms with E-state index in [1.165, 1.54) is 23.4 Å². The Bertz CT molecular complexity index is 2390. The molecule has 10 rings (SSSR count). The summed E-state index contributed by atoms with van der Waals surface area (Å²) in [5.41, 5.74) is 7.33. The van der Waals surface area contributed by atoms with E-state index < -0.39 is 17.3 Å². The molecule has 5 aromatic rings. The smallest absolute Gasteiger partial charge is 0.256 e. The van der Waals surface area contributed by atoms with E-state index in [1.807, 2.05) is 36.5 Å². The van der Waals surface area contributed by atoms with Gasteiger partial charge in [0.1, 0.15) is 16.9 Å². The number of hydrogen-bond acceptors (Lipinski definition) is 12. The van der Waals surface area contributed by atoms with Crippen molar-refractivity contribution in [3.8, 4) is 0 Å². The van der Waals surface area contributed by atoms with Crippen LogP contribution in [0.25, 0.3) is 11.2 Å². The molecule has 3 saturated heterocycles. The van der Waals surface area contributed by atoms with Crippen LogP contribution in [-0.4, -0.2) is 103 Å². The number of piperidine rings is 2. The third-order valence-corrected chi connectivity index (χ3v) is 13.6. The Labute approximate surface area is 355 Å². The van der Waals surface area contributed by atoms with Gasteiger partial charge in [-0.3, -0.25) is 34.1 Å². The van der Waals surface area contributed by atoms with Crippen molar-refractivity contribution < 1.29 is 14.4 Å². The second kappa shape index (κ2) is 16.5. The van der Waals surface area contributed by atoms with E-state index >= 15 is 0 Å². The van der Waals surface area contributed by atoms with Crippen molar-refractivity contribution in [3.05, 3.63) is 95.7 Å². The largest absolute Gasteiger partial charge is 0.371 e. The molecule has 1 aliphatic carbocycles. The molecule has 14 nitrogen and oxygen atoms in total. The predicted molar refractivity (Wildman–Crippen MR) is 235 cm³/mol. The quantitative estimate of drug-likeness (QED) is 0.0918. The summed E-state index contributed by atoms with van der Waals surface area (Å²) in [7, 11) is 0. The molecular weight excluding hydrogens is 775 g/mol. The highest BCUT2D eigenvalue weighted by molar-refractivity contribution is 7.80. The summed E-state index contributed by atoms with van der Waals surface area (Å²) in [6.45, 7) is 6.81. The van der Waals surface area contributed by atoms with Crippen molar-refractivity contribution in [3.63, 3.8) is 0 Å². The standard InChI is InChI=1S/C45H51N11O3S/c57-39-17-16-38(41(58)50-39)56-42(59)36-26-29(10-15-35(36)43(56)60)28-52-22-24-54(25-23-52)33-18-20-53(21-19-33)32-13-11-31(12-14-32)47-44-46-27-37-40(51-44)55(34-8-4-5-9-34)45(49-37)48-30-6-2-1-3-7-30/h1-3,6-7,10-15,26-27,33-34,38,43,60H,4-5,8-9,16-25,28H2,(H,48,49)(H,46,47,51)(H,50,57,58). The number of imidazole rings is 1. The Balaban J connectivity index is 0.714. The molecule has 15 heteroatoms. The summed E-state index contributed by atoms with van der Waals surface area (Å²) in [6, 6.07) is 25.1. The number of benzene rings is 3. The minimum atomic E-state index is -0.685. The maximum Gasteiger partial charge on any atom is 0.256 e. The predicted octanol–water partition coefficient (Wildman–Crippen LogP) is 6.40. The number of para-hydroxylation sites is 1. The van der Waals surface area contributed by atoms with Gasteiger partial charge in [-0.2, -0.15) is 4.98 Å². The zero-order chi connectivity index (χ0) is 40.7. The van der Waals surface area contributed by atoms with Gasteiger partial charge in [0.2, 0.25) is 23.7 Å². The molecule has 3 amide bonds. The van der Waals surface area contributed by atoms with Gasteiger partial charge in [0.05, 0.1) is 6.20 Å². The number of imide groups is 1. The summed E-state index contributed by atoms with van der Waals surface area (Å²) in [4.78, 5) is 61.4. The van der Waals surface area contributed by atoms with Gasteiger partial charge in [0, 0.05) is 86.9 Å². The highest BCUT2D eigenvalue weighted by Gasteiger charge is 2.44. The van der Waals surface area contributed by atoms with Crippen molar-refractivity contribution in [1.82, 2.24) is 39.5 Å². The van der Waals surface area contributed by atoms with E-state index in [4.69, 9.17) is 22.6 Å². The molecule has 0 bridgehead atoms. The highest BCUT2D eigenvalue weighted by Crippen LogP contribution is 2.40. The lowest BCUT2D eigenvalue weighted by atomic mass is 10.0. The first-order valence-corrected chi connectivity index (χ1v) is 22.0. The van der Waals surface area contributed by atoms with Crippen LogP contribution in [0.15, 0.2) is 79.0 Å². The van der Waals surface area contributed by atoms with E-state index in [1.54, 1.807) is 0 Å². The van der Waals surface area contributed by atoms with Crippen LogP contribution in [0, 0.1) is 0 Å². The van der Waals surface area contributed by atoms with Crippen LogP contribution in [0.2, 0.25) is 0 Å². The number of nitrogens with zero attached hydrogens (tertiary/aromatic N) is 8. The van der Waals surface area contributed by atoms with E-state index in [2.05, 4.69) is 82.7 Å². The first-order valence-electron chi connectivity index (χ1n) is 21.5. The van der Waals surface area contributed by atoms with E-state index in [9.17, 15) is 14.4 Å². The molecule has 2 aromatic heterocycles. The molecule has 2 unspecified atom stereocenters. The molecular formula is C45H51N11O3S. The number of piperazine rings is 1. The Hall–Kier alpha value is -5.51. The highest BCUT2D eigenvalue weighted by atomic mass is 32.1. The number of nitrogens with one attached hydrogen (secondary N) is 3. The molecule has 4 aliphatic heterocycles. The number of carbonyl (C=O) groups excluding carboxylic acids is 3. The van der Waals surface area contributed by atoms with Crippen molar-refractivity contribution in [2.24, 2.45) is 0 Å². The molecule has 3 N–H and O–H groups in total. The number of hydrogen-bond donors (Lipinski definition) is 4. The molecule has 3 aromatic carbocycles. The number of aromatic nitrogens is 4. The van der Waals surface area contributed by atoms with Crippen LogP contribution in [0.1, 0.15) is 84.3 Å². The van der Waals surface area contributed by atoms with Crippen LogP contribution in [0.5, 0.6) is 0 Å². The number of fused-ring (bicyclic) bond motifs is 2. The monoisotopic (exact) mass is 825 g/mol. The summed E-state index contributed by atoms with van der Waals surface area (Å²) in [6.07, 6.45) is 9.29. The third-order valence-electron chi connectivity index (χ3n) is 13.1. The van der Waals surface area contributed by atoms with Gasteiger partial charge in [0.15, 0.2) is 5.65 Å². The van der Waals surface area contributed by atoms with Crippen LogP contribution < -0.4 is 20.9 Å². The Kier molecular flexibility index (Phi) is 10.6. The lowest BCUT2D eigenvalue weighted by Gasteiger charge is -2.43. The molecule has 60 heavy (non-hydrogen) atoms. The molecule has 4 fully saturated rings. The molecule has 0 radical (unpaired) electrons. The first-order chi connectivity index (χ1) is 29.3. The minimum absolute atomic E-state index is 0.192. The Morgan fingerprint density at radius 1 is 0.767 bits per heavy atom. The normalized spacial score (nSPS) is 22.1. The van der Waals surface area contributed by atoms with Crippen molar-refractivity contribution in [2.45, 2.75) is 81.4 Å². The number of amides is 3. The zero-order valence-electron chi connectivity index (χ0n) is 33.7. The molecule has 0 spiro atoms. The van der Waals surface area contributed by atoms with Crippen LogP contribution in [-0.2, 0) is 16.1 Å². The van der Waals surface area contributed by atoms with E-state index in [0.717, 1.165) is 111 Å². The lowest BCUT2D eigenvalue weighted by Crippen LogP contribution is -2.53.